The van der Waals surface area contributed by atoms with Gasteiger partial charge in [0.25, 0.3) is 0 Å². The number of carbonyl (C=O) groups is 1. The molecule has 6 heteroatoms. The maximum Gasteiger partial charge on any atom is 0.233 e. The third-order valence-electron chi connectivity index (χ3n) is 4.32. The Hall–Kier alpha value is -1.17. The second-order valence-corrected chi connectivity index (χ2v) is 7.29. The average molecular weight is 324 g/mol. The van der Waals surface area contributed by atoms with Crippen molar-refractivity contribution < 1.29 is 4.79 Å². The molecule has 0 spiro atoms. The lowest BCUT2D eigenvalue weighted by atomic mass is 9.75. The number of amides is 1. The second kappa shape index (κ2) is 5.55. The molecule has 1 unspecified atom stereocenters. The fourth-order valence-corrected chi connectivity index (χ4v) is 3.97. The SMILES string of the molecule is CC(C)C1(C(=O)Nc2nc3ccc(Cl)cc3s2)CCNC1. The topological polar surface area (TPSA) is 54.0 Å². The van der Waals surface area contributed by atoms with Gasteiger partial charge < -0.3 is 10.6 Å². The van der Waals surface area contributed by atoms with Crippen LogP contribution in [0.5, 0.6) is 0 Å². The minimum Gasteiger partial charge on any atom is -0.316 e. The third kappa shape index (κ3) is 2.65. The first-order valence-electron chi connectivity index (χ1n) is 7.09. The Morgan fingerprint density at radius 3 is 3.00 bits per heavy atom. The molecule has 1 aliphatic heterocycles. The summed E-state index contributed by atoms with van der Waals surface area (Å²) in [5, 5.41) is 7.63. The van der Waals surface area contributed by atoms with Gasteiger partial charge in [-0.15, -0.1) is 0 Å². The highest BCUT2D eigenvalue weighted by Gasteiger charge is 2.44. The zero-order chi connectivity index (χ0) is 15.0. The van der Waals surface area contributed by atoms with E-state index in [0.29, 0.717) is 10.2 Å². The van der Waals surface area contributed by atoms with E-state index in [4.69, 9.17) is 11.6 Å². The van der Waals surface area contributed by atoms with Crippen molar-refractivity contribution >= 4 is 44.2 Å². The van der Waals surface area contributed by atoms with E-state index in [-0.39, 0.29) is 17.2 Å². The van der Waals surface area contributed by atoms with Crippen LogP contribution in [0, 0.1) is 11.3 Å². The molecule has 1 amide bonds. The van der Waals surface area contributed by atoms with Gasteiger partial charge in [-0.05, 0) is 37.1 Å². The Bertz CT molecular complexity index is 677. The predicted octanol–water partition coefficient (Wildman–Crippen LogP) is 3.52. The van der Waals surface area contributed by atoms with Crippen LogP contribution in [0.4, 0.5) is 5.13 Å². The molecule has 1 aliphatic rings. The summed E-state index contributed by atoms with van der Waals surface area (Å²) in [7, 11) is 0. The number of fused-ring (bicyclic) bond motifs is 1. The molecule has 0 bridgehead atoms. The van der Waals surface area contributed by atoms with Gasteiger partial charge in [0, 0.05) is 11.6 Å². The van der Waals surface area contributed by atoms with Crippen molar-refractivity contribution in [2.45, 2.75) is 20.3 Å². The van der Waals surface area contributed by atoms with Crippen molar-refractivity contribution in [3.05, 3.63) is 23.2 Å². The summed E-state index contributed by atoms with van der Waals surface area (Å²) in [6, 6.07) is 5.56. The first-order valence-corrected chi connectivity index (χ1v) is 8.29. The maximum atomic E-state index is 12.7. The summed E-state index contributed by atoms with van der Waals surface area (Å²) in [4.78, 5) is 17.2. The molecule has 1 fully saturated rings. The molecule has 1 saturated heterocycles. The Morgan fingerprint density at radius 1 is 1.52 bits per heavy atom. The van der Waals surface area contributed by atoms with Gasteiger partial charge in [-0.1, -0.05) is 36.8 Å². The highest BCUT2D eigenvalue weighted by Crippen LogP contribution is 2.36. The number of thiazole rings is 1. The molecule has 3 rings (SSSR count). The lowest BCUT2D eigenvalue weighted by molar-refractivity contribution is -0.126. The Balaban J connectivity index is 1.85. The summed E-state index contributed by atoms with van der Waals surface area (Å²) in [6.07, 6.45) is 0.868. The van der Waals surface area contributed by atoms with Crippen molar-refractivity contribution in [2.75, 3.05) is 18.4 Å². The molecule has 1 atom stereocenters. The molecule has 0 saturated carbocycles. The molecule has 1 aromatic carbocycles. The van der Waals surface area contributed by atoms with Crippen molar-refractivity contribution in [3.8, 4) is 0 Å². The monoisotopic (exact) mass is 323 g/mol. The maximum absolute atomic E-state index is 12.7. The zero-order valence-electron chi connectivity index (χ0n) is 12.1. The number of halogens is 1. The van der Waals surface area contributed by atoms with Crippen LogP contribution in [0.25, 0.3) is 10.2 Å². The van der Waals surface area contributed by atoms with E-state index >= 15 is 0 Å². The number of carbonyl (C=O) groups excluding carboxylic acids is 1. The number of hydrogen-bond acceptors (Lipinski definition) is 4. The number of anilines is 1. The van der Waals surface area contributed by atoms with Crippen LogP contribution < -0.4 is 10.6 Å². The number of nitrogens with zero attached hydrogens (tertiary/aromatic N) is 1. The van der Waals surface area contributed by atoms with Gasteiger partial charge in [0.15, 0.2) is 5.13 Å². The lowest BCUT2D eigenvalue weighted by Gasteiger charge is -2.30. The predicted molar refractivity (Wildman–Crippen MR) is 88.0 cm³/mol. The van der Waals surface area contributed by atoms with Crippen molar-refractivity contribution in [3.63, 3.8) is 0 Å². The van der Waals surface area contributed by atoms with Crippen LogP contribution in [-0.2, 0) is 4.79 Å². The van der Waals surface area contributed by atoms with Gasteiger partial charge in [0.1, 0.15) is 0 Å². The van der Waals surface area contributed by atoms with E-state index in [9.17, 15) is 4.79 Å². The van der Waals surface area contributed by atoms with Crippen LogP contribution in [0.15, 0.2) is 18.2 Å². The fraction of sp³-hybridized carbons (Fsp3) is 0.467. The molecule has 112 valence electrons. The number of rotatable bonds is 3. The first kappa shape index (κ1) is 14.8. The van der Waals surface area contributed by atoms with Crippen molar-refractivity contribution in [2.24, 2.45) is 11.3 Å². The van der Waals surface area contributed by atoms with E-state index in [2.05, 4.69) is 29.5 Å². The minimum absolute atomic E-state index is 0.0626. The minimum atomic E-state index is -0.338. The largest absolute Gasteiger partial charge is 0.316 e. The summed E-state index contributed by atoms with van der Waals surface area (Å²) in [5.41, 5.74) is 0.526. The Morgan fingerprint density at radius 2 is 2.33 bits per heavy atom. The molecule has 0 aliphatic carbocycles. The molecule has 2 aromatic rings. The number of hydrogen-bond donors (Lipinski definition) is 2. The summed E-state index contributed by atoms with van der Waals surface area (Å²) >= 11 is 7.45. The second-order valence-electron chi connectivity index (χ2n) is 5.82. The smallest absolute Gasteiger partial charge is 0.233 e. The molecule has 2 heterocycles. The van der Waals surface area contributed by atoms with Gasteiger partial charge in [-0.2, -0.15) is 0 Å². The van der Waals surface area contributed by atoms with Gasteiger partial charge in [0.2, 0.25) is 5.91 Å². The van der Waals surface area contributed by atoms with Crippen molar-refractivity contribution in [1.29, 1.82) is 0 Å². The lowest BCUT2D eigenvalue weighted by Crippen LogP contribution is -2.42. The fourth-order valence-electron chi connectivity index (χ4n) is 2.83. The van der Waals surface area contributed by atoms with Crippen LogP contribution in [0.3, 0.4) is 0 Å². The third-order valence-corrected chi connectivity index (χ3v) is 5.49. The van der Waals surface area contributed by atoms with Gasteiger partial charge in [0.05, 0.1) is 15.6 Å². The van der Waals surface area contributed by atoms with Gasteiger partial charge in [-0.25, -0.2) is 4.98 Å². The number of benzene rings is 1. The van der Waals surface area contributed by atoms with Crippen LogP contribution in [0.2, 0.25) is 5.02 Å². The normalized spacial score (nSPS) is 22.1. The molecular weight excluding hydrogens is 306 g/mol. The summed E-state index contributed by atoms with van der Waals surface area (Å²) < 4.78 is 0.987. The molecule has 1 aromatic heterocycles. The van der Waals surface area contributed by atoms with Crippen LogP contribution >= 0.6 is 22.9 Å². The number of aromatic nitrogens is 1. The van der Waals surface area contributed by atoms with E-state index < -0.39 is 0 Å². The highest BCUT2D eigenvalue weighted by atomic mass is 35.5. The molecule has 21 heavy (non-hydrogen) atoms. The molecule has 0 radical (unpaired) electrons. The molecular formula is C15H18ClN3OS. The Labute approximate surface area is 132 Å². The van der Waals surface area contributed by atoms with E-state index in [0.717, 1.165) is 29.7 Å². The average Bonchev–Trinajstić information content (AvgIpc) is 3.04. The van der Waals surface area contributed by atoms with E-state index in [1.807, 2.05) is 18.2 Å². The van der Waals surface area contributed by atoms with E-state index in [1.165, 1.54) is 11.3 Å². The van der Waals surface area contributed by atoms with E-state index in [1.54, 1.807) is 0 Å². The van der Waals surface area contributed by atoms with Gasteiger partial charge in [-0.3, -0.25) is 4.79 Å². The van der Waals surface area contributed by atoms with Crippen LogP contribution in [0.1, 0.15) is 20.3 Å². The Kier molecular flexibility index (Phi) is 3.90. The zero-order valence-corrected chi connectivity index (χ0v) is 13.6. The van der Waals surface area contributed by atoms with Crippen LogP contribution in [-0.4, -0.2) is 24.0 Å². The first-order chi connectivity index (χ1) is 10.0. The molecule has 4 nitrogen and oxygen atoms in total. The summed E-state index contributed by atoms with van der Waals surface area (Å²) in [5.74, 6) is 0.351. The standard InChI is InChI=1S/C15H18ClN3OS/c1-9(2)15(5-6-17-8-15)13(20)19-14-18-11-4-3-10(16)7-12(11)21-14/h3-4,7,9,17H,5-6,8H2,1-2H3,(H,18,19,20). The quantitative estimate of drug-likeness (QED) is 0.908. The highest BCUT2D eigenvalue weighted by molar-refractivity contribution is 7.22. The molecule has 2 N–H and O–H groups in total. The van der Waals surface area contributed by atoms with Crippen molar-refractivity contribution in [1.82, 2.24) is 10.3 Å². The van der Waals surface area contributed by atoms with Gasteiger partial charge >= 0.3 is 0 Å². The summed E-state index contributed by atoms with van der Waals surface area (Å²) in [6.45, 7) is 5.82. The number of nitrogens with one attached hydrogen (secondary N) is 2.